The molecule has 1 aliphatic heterocycles. The van der Waals surface area contributed by atoms with Crippen LogP contribution in [0, 0.1) is 6.92 Å². The first kappa shape index (κ1) is 15.8. The molecule has 0 bridgehead atoms. The van der Waals surface area contributed by atoms with E-state index in [2.05, 4.69) is 15.9 Å². The fourth-order valence-corrected chi connectivity index (χ4v) is 2.75. The second-order valence-electron chi connectivity index (χ2n) is 5.74. The van der Waals surface area contributed by atoms with Crippen molar-refractivity contribution < 1.29 is 14.3 Å². The third-order valence-corrected chi connectivity index (χ3v) is 4.30. The van der Waals surface area contributed by atoms with Crippen LogP contribution in [0.1, 0.15) is 35.3 Å². The minimum Gasteiger partial charge on any atom is -0.488 e. The van der Waals surface area contributed by atoms with E-state index < -0.39 is 0 Å². The van der Waals surface area contributed by atoms with Crippen molar-refractivity contribution in [2.24, 2.45) is 0 Å². The first-order chi connectivity index (χ1) is 11.0. The Balaban J connectivity index is 1.84. The molecule has 0 atom stereocenters. The lowest BCUT2D eigenvalue weighted by molar-refractivity contribution is 0.101. The molecule has 0 fully saturated rings. The number of hydrogen-bond acceptors (Lipinski definition) is 3. The van der Waals surface area contributed by atoms with Crippen LogP contribution in [-0.4, -0.2) is 5.78 Å². The molecule has 0 unspecified atom stereocenters. The number of allylic oxidation sites excluding steroid dienone is 2. The summed E-state index contributed by atoms with van der Waals surface area (Å²) in [5.41, 5.74) is 3.41. The SMILES string of the molecule is CC(C)=C1Oc2c(ccc(OCc3ccc(Br)cc3)c2C)C1=O. The number of ether oxygens (including phenoxy) is 2. The van der Waals surface area contributed by atoms with Gasteiger partial charge in [-0.05, 0) is 56.2 Å². The molecule has 3 nitrogen and oxygen atoms in total. The van der Waals surface area contributed by atoms with Gasteiger partial charge in [0.1, 0.15) is 18.1 Å². The van der Waals surface area contributed by atoms with Crippen molar-refractivity contribution in [2.45, 2.75) is 27.4 Å². The van der Waals surface area contributed by atoms with Gasteiger partial charge in [0.15, 0.2) is 5.76 Å². The van der Waals surface area contributed by atoms with E-state index in [4.69, 9.17) is 9.47 Å². The Morgan fingerprint density at radius 2 is 1.83 bits per heavy atom. The van der Waals surface area contributed by atoms with Gasteiger partial charge in [0.2, 0.25) is 5.78 Å². The number of Topliss-reactive ketones (excluding diaryl/α,β-unsaturated/α-hetero) is 1. The Bertz CT molecular complexity index is 800. The fourth-order valence-electron chi connectivity index (χ4n) is 2.48. The van der Waals surface area contributed by atoms with Crippen molar-refractivity contribution in [3.63, 3.8) is 0 Å². The van der Waals surface area contributed by atoms with Gasteiger partial charge in [-0.3, -0.25) is 4.79 Å². The van der Waals surface area contributed by atoms with E-state index in [0.717, 1.165) is 26.9 Å². The van der Waals surface area contributed by atoms with Crippen molar-refractivity contribution >= 4 is 21.7 Å². The van der Waals surface area contributed by atoms with Gasteiger partial charge < -0.3 is 9.47 Å². The molecule has 0 saturated carbocycles. The highest BCUT2D eigenvalue weighted by Crippen LogP contribution is 2.39. The number of carbonyl (C=O) groups excluding carboxylic acids is 1. The number of hydrogen-bond donors (Lipinski definition) is 0. The van der Waals surface area contributed by atoms with E-state index in [9.17, 15) is 4.79 Å². The molecular weight excluding hydrogens is 356 g/mol. The summed E-state index contributed by atoms with van der Waals surface area (Å²) in [6.07, 6.45) is 0. The maximum atomic E-state index is 12.3. The van der Waals surface area contributed by atoms with Crippen LogP contribution in [0.3, 0.4) is 0 Å². The third kappa shape index (κ3) is 3.04. The lowest BCUT2D eigenvalue weighted by Crippen LogP contribution is -2.00. The molecule has 118 valence electrons. The number of carbonyl (C=O) groups is 1. The van der Waals surface area contributed by atoms with Crippen LogP contribution in [0.5, 0.6) is 11.5 Å². The van der Waals surface area contributed by atoms with Crippen LogP contribution in [-0.2, 0) is 6.61 Å². The summed E-state index contributed by atoms with van der Waals surface area (Å²) in [5.74, 6) is 1.71. The standard InChI is InChI=1S/C19H17BrO3/c1-11(2)18-17(21)15-8-9-16(12(3)19(15)23-18)22-10-13-4-6-14(20)7-5-13/h4-9H,10H2,1-3H3. The zero-order valence-corrected chi connectivity index (χ0v) is 14.9. The van der Waals surface area contributed by atoms with Crippen molar-refractivity contribution in [2.75, 3.05) is 0 Å². The normalized spacial score (nSPS) is 12.9. The number of rotatable bonds is 3. The summed E-state index contributed by atoms with van der Waals surface area (Å²) >= 11 is 3.42. The van der Waals surface area contributed by atoms with Gasteiger partial charge in [-0.2, -0.15) is 0 Å². The molecule has 0 N–H and O–H groups in total. The molecule has 0 amide bonds. The molecule has 2 aromatic rings. The minimum absolute atomic E-state index is 0.0532. The average Bonchev–Trinajstić information content (AvgIpc) is 2.86. The Labute approximate surface area is 144 Å². The number of benzene rings is 2. The average molecular weight is 373 g/mol. The van der Waals surface area contributed by atoms with Gasteiger partial charge in [0.25, 0.3) is 0 Å². The topological polar surface area (TPSA) is 35.5 Å². The van der Waals surface area contributed by atoms with Crippen LogP contribution in [0.2, 0.25) is 0 Å². The molecule has 0 aliphatic carbocycles. The maximum absolute atomic E-state index is 12.3. The summed E-state index contributed by atoms with van der Waals surface area (Å²) < 4.78 is 12.7. The predicted molar refractivity (Wildman–Crippen MR) is 93.0 cm³/mol. The van der Waals surface area contributed by atoms with E-state index in [1.807, 2.05) is 51.1 Å². The molecule has 4 heteroatoms. The first-order valence-electron chi connectivity index (χ1n) is 7.38. The van der Waals surface area contributed by atoms with Crippen LogP contribution < -0.4 is 9.47 Å². The molecular formula is C19H17BrO3. The molecule has 1 heterocycles. The van der Waals surface area contributed by atoms with E-state index in [1.54, 1.807) is 6.07 Å². The Morgan fingerprint density at radius 1 is 1.13 bits per heavy atom. The summed E-state index contributed by atoms with van der Waals surface area (Å²) in [5, 5.41) is 0. The summed E-state index contributed by atoms with van der Waals surface area (Å²) in [6.45, 7) is 6.13. The molecule has 0 spiro atoms. The highest BCUT2D eigenvalue weighted by Gasteiger charge is 2.30. The van der Waals surface area contributed by atoms with Gasteiger partial charge in [-0.15, -0.1) is 0 Å². The quantitative estimate of drug-likeness (QED) is 0.694. The van der Waals surface area contributed by atoms with Gasteiger partial charge in [-0.25, -0.2) is 0 Å². The monoisotopic (exact) mass is 372 g/mol. The van der Waals surface area contributed by atoms with Crippen LogP contribution in [0.4, 0.5) is 0 Å². The Kier molecular flexibility index (Phi) is 4.26. The molecule has 3 rings (SSSR count). The van der Waals surface area contributed by atoms with Crippen LogP contribution >= 0.6 is 15.9 Å². The first-order valence-corrected chi connectivity index (χ1v) is 8.17. The highest BCUT2D eigenvalue weighted by molar-refractivity contribution is 9.10. The van der Waals surface area contributed by atoms with Crippen molar-refractivity contribution in [3.05, 3.63) is 68.9 Å². The van der Waals surface area contributed by atoms with Crippen LogP contribution in [0.25, 0.3) is 0 Å². The summed E-state index contributed by atoms with van der Waals surface area (Å²) in [6, 6.07) is 11.6. The molecule has 0 radical (unpaired) electrons. The van der Waals surface area contributed by atoms with Crippen molar-refractivity contribution in [1.82, 2.24) is 0 Å². The molecule has 0 aromatic heterocycles. The molecule has 23 heavy (non-hydrogen) atoms. The zero-order valence-electron chi connectivity index (χ0n) is 13.3. The predicted octanol–water partition coefficient (Wildman–Crippen LogP) is 5.21. The molecule has 0 saturated heterocycles. The van der Waals surface area contributed by atoms with Gasteiger partial charge in [0.05, 0.1) is 5.56 Å². The number of fused-ring (bicyclic) bond motifs is 1. The van der Waals surface area contributed by atoms with Crippen LogP contribution in [0.15, 0.2) is 52.2 Å². The highest BCUT2D eigenvalue weighted by atomic mass is 79.9. The molecule has 2 aromatic carbocycles. The van der Waals surface area contributed by atoms with Crippen molar-refractivity contribution in [3.8, 4) is 11.5 Å². The van der Waals surface area contributed by atoms with E-state index in [0.29, 0.717) is 23.7 Å². The second kappa shape index (κ2) is 6.20. The van der Waals surface area contributed by atoms with Gasteiger partial charge in [0, 0.05) is 10.0 Å². The third-order valence-electron chi connectivity index (χ3n) is 3.77. The lowest BCUT2D eigenvalue weighted by Gasteiger charge is -2.11. The second-order valence-corrected chi connectivity index (χ2v) is 6.66. The fraction of sp³-hybridized carbons (Fsp3) is 0.211. The summed E-state index contributed by atoms with van der Waals surface area (Å²) in [7, 11) is 0. The lowest BCUT2D eigenvalue weighted by atomic mass is 10.1. The van der Waals surface area contributed by atoms with E-state index in [1.165, 1.54) is 0 Å². The van der Waals surface area contributed by atoms with E-state index >= 15 is 0 Å². The Morgan fingerprint density at radius 3 is 2.48 bits per heavy atom. The van der Waals surface area contributed by atoms with Gasteiger partial charge in [-0.1, -0.05) is 28.1 Å². The smallest absolute Gasteiger partial charge is 0.231 e. The number of ketones is 1. The zero-order chi connectivity index (χ0) is 16.6. The van der Waals surface area contributed by atoms with E-state index in [-0.39, 0.29) is 5.78 Å². The minimum atomic E-state index is -0.0532. The largest absolute Gasteiger partial charge is 0.488 e. The number of halogens is 1. The Hall–Kier alpha value is -2.07. The maximum Gasteiger partial charge on any atom is 0.231 e. The van der Waals surface area contributed by atoms with Crippen molar-refractivity contribution in [1.29, 1.82) is 0 Å². The summed E-state index contributed by atoms with van der Waals surface area (Å²) in [4.78, 5) is 12.3. The molecule has 1 aliphatic rings. The van der Waals surface area contributed by atoms with Gasteiger partial charge >= 0.3 is 0 Å².